The van der Waals surface area contributed by atoms with Crippen molar-refractivity contribution in [3.05, 3.63) is 17.7 Å². The molecule has 0 fully saturated rings. The lowest BCUT2D eigenvalue weighted by Gasteiger charge is -2.37. The van der Waals surface area contributed by atoms with Gasteiger partial charge in [0.1, 0.15) is 0 Å². The van der Waals surface area contributed by atoms with Crippen molar-refractivity contribution in [1.82, 2.24) is 14.9 Å². The first kappa shape index (κ1) is 9.71. The highest BCUT2D eigenvalue weighted by Gasteiger charge is 2.35. The van der Waals surface area contributed by atoms with Crippen LogP contribution in [0.4, 0.5) is 0 Å². The average Bonchev–Trinajstić information content (AvgIpc) is 2.61. The number of hydrogen-bond acceptors (Lipinski definition) is 2. The highest BCUT2D eigenvalue weighted by molar-refractivity contribution is 5.26. The molecule has 1 aromatic rings. The summed E-state index contributed by atoms with van der Waals surface area (Å²) < 4.78 is 2.18. The van der Waals surface area contributed by atoms with Crippen molar-refractivity contribution in [2.75, 3.05) is 6.54 Å². The molecule has 78 valence electrons. The lowest BCUT2D eigenvalue weighted by Crippen LogP contribution is -2.47. The Hall–Kier alpha value is -0.830. The Labute approximate surface area is 85.5 Å². The van der Waals surface area contributed by atoms with Gasteiger partial charge < -0.3 is 9.88 Å². The first-order valence-corrected chi connectivity index (χ1v) is 5.49. The van der Waals surface area contributed by atoms with Crippen LogP contribution in [-0.2, 0) is 19.0 Å². The van der Waals surface area contributed by atoms with Gasteiger partial charge in [0.05, 0.1) is 23.3 Å². The summed E-state index contributed by atoms with van der Waals surface area (Å²) in [5.41, 5.74) is 2.85. The number of aryl methyl sites for hydroxylation is 1. The summed E-state index contributed by atoms with van der Waals surface area (Å²) in [6.45, 7) is 5.56. The maximum atomic E-state index is 4.47. The van der Waals surface area contributed by atoms with Gasteiger partial charge in [-0.1, -0.05) is 13.8 Å². The number of fused-ring (bicyclic) bond motifs is 1. The Morgan fingerprint density at radius 3 is 2.86 bits per heavy atom. The topological polar surface area (TPSA) is 29.9 Å². The molecule has 0 amide bonds. The molecule has 1 aliphatic rings. The first-order valence-electron chi connectivity index (χ1n) is 5.49. The van der Waals surface area contributed by atoms with Crippen molar-refractivity contribution in [2.45, 2.75) is 38.6 Å². The monoisotopic (exact) mass is 193 g/mol. The molecule has 0 bridgehead atoms. The lowest BCUT2D eigenvalue weighted by molar-refractivity contribution is 0.276. The van der Waals surface area contributed by atoms with Crippen molar-refractivity contribution in [2.24, 2.45) is 7.05 Å². The molecule has 0 aromatic carbocycles. The Balaban J connectivity index is 2.52. The number of rotatable bonds is 2. The Bertz CT molecular complexity index is 323. The molecule has 3 heteroatoms. The van der Waals surface area contributed by atoms with E-state index in [9.17, 15) is 0 Å². The van der Waals surface area contributed by atoms with Gasteiger partial charge in [0, 0.05) is 20.0 Å². The second-order valence-electron chi connectivity index (χ2n) is 4.12. The van der Waals surface area contributed by atoms with Gasteiger partial charge in [0.2, 0.25) is 0 Å². The van der Waals surface area contributed by atoms with Crippen molar-refractivity contribution >= 4 is 0 Å². The predicted octanol–water partition coefficient (Wildman–Crippen LogP) is 1.58. The molecule has 0 unspecified atom stereocenters. The molecule has 2 heterocycles. The second kappa shape index (κ2) is 3.39. The smallest absolute Gasteiger partial charge is 0.0949 e. The van der Waals surface area contributed by atoms with Crippen LogP contribution in [0.1, 0.15) is 38.1 Å². The van der Waals surface area contributed by atoms with Crippen LogP contribution in [0.25, 0.3) is 0 Å². The van der Waals surface area contributed by atoms with E-state index >= 15 is 0 Å². The summed E-state index contributed by atoms with van der Waals surface area (Å²) >= 11 is 0. The summed E-state index contributed by atoms with van der Waals surface area (Å²) in [4.78, 5) is 4.47. The molecule has 0 radical (unpaired) electrons. The summed E-state index contributed by atoms with van der Waals surface area (Å²) in [5.74, 6) is 0. The van der Waals surface area contributed by atoms with E-state index in [0.29, 0.717) is 0 Å². The minimum atomic E-state index is 0.166. The van der Waals surface area contributed by atoms with Crippen LogP contribution in [-0.4, -0.2) is 16.1 Å². The van der Waals surface area contributed by atoms with Crippen molar-refractivity contribution in [3.63, 3.8) is 0 Å². The summed E-state index contributed by atoms with van der Waals surface area (Å²) in [5, 5.41) is 3.65. The van der Waals surface area contributed by atoms with E-state index in [0.717, 1.165) is 25.8 Å². The van der Waals surface area contributed by atoms with E-state index in [1.807, 2.05) is 6.33 Å². The van der Waals surface area contributed by atoms with Crippen LogP contribution in [0.15, 0.2) is 6.33 Å². The molecule has 0 atom stereocenters. The zero-order valence-electron chi connectivity index (χ0n) is 9.30. The third kappa shape index (κ3) is 1.19. The molecule has 0 saturated heterocycles. The zero-order valence-corrected chi connectivity index (χ0v) is 9.30. The van der Waals surface area contributed by atoms with Crippen LogP contribution >= 0.6 is 0 Å². The fourth-order valence-electron chi connectivity index (χ4n) is 2.61. The van der Waals surface area contributed by atoms with E-state index < -0.39 is 0 Å². The van der Waals surface area contributed by atoms with Gasteiger partial charge in [-0.3, -0.25) is 0 Å². The highest BCUT2D eigenvalue weighted by atomic mass is 15.1. The van der Waals surface area contributed by atoms with E-state index in [2.05, 4.69) is 35.8 Å². The van der Waals surface area contributed by atoms with Crippen LogP contribution in [0, 0.1) is 0 Å². The summed E-state index contributed by atoms with van der Waals surface area (Å²) in [7, 11) is 2.10. The summed E-state index contributed by atoms with van der Waals surface area (Å²) in [6, 6.07) is 0. The molecule has 1 N–H and O–H groups in total. The van der Waals surface area contributed by atoms with E-state index in [4.69, 9.17) is 0 Å². The largest absolute Gasteiger partial charge is 0.336 e. The molecule has 0 aliphatic carbocycles. The average molecular weight is 193 g/mol. The first-order chi connectivity index (χ1) is 6.73. The van der Waals surface area contributed by atoms with E-state index in [1.165, 1.54) is 11.4 Å². The molecular formula is C11H19N3. The minimum Gasteiger partial charge on any atom is -0.336 e. The number of nitrogens with one attached hydrogen (secondary N) is 1. The van der Waals surface area contributed by atoms with Gasteiger partial charge in [-0.15, -0.1) is 0 Å². The Morgan fingerprint density at radius 1 is 1.50 bits per heavy atom. The number of hydrogen-bond donors (Lipinski definition) is 1. The fraction of sp³-hybridized carbons (Fsp3) is 0.727. The predicted molar refractivity (Wildman–Crippen MR) is 57.2 cm³/mol. The van der Waals surface area contributed by atoms with E-state index in [1.54, 1.807) is 0 Å². The van der Waals surface area contributed by atoms with Crippen molar-refractivity contribution in [3.8, 4) is 0 Å². The molecular weight excluding hydrogens is 174 g/mol. The standard InChI is InChI=1S/C11H19N3/c1-4-11(5-2)10-9(6-7-13-11)12-8-14(10)3/h8,13H,4-7H2,1-3H3. The third-order valence-electron chi connectivity index (χ3n) is 3.50. The normalized spacial score (nSPS) is 19.4. The zero-order chi connectivity index (χ0) is 10.2. The van der Waals surface area contributed by atoms with E-state index in [-0.39, 0.29) is 5.54 Å². The molecule has 14 heavy (non-hydrogen) atoms. The fourth-order valence-corrected chi connectivity index (χ4v) is 2.61. The van der Waals surface area contributed by atoms with Gasteiger partial charge >= 0.3 is 0 Å². The molecule has 1 aromatic heterocycles. The van der Waals surface area contributed by atoms with Crippen molar-refractivity contribution in [1.29, 1.82) is 0 Å². The summed E-state index contributed by atoms with van der Waals surface area (Å²) in [6.07, 6.45) is 5.28. The van der Waals surface area contributed by atoms with Crippen LogP contribution in [0.2, 0.25) is 0 Å². The number of imidazole rings is 1. The van der Waals surface area contributed by atoms with Gasteiger partial charge in [-0.05, 0) is 12.8 Å². The SMILES string of the molecule is CCC1(CC)NCCc2ncn(C)c21. The molecule has 3 nitrogen and oxygen atoms in total. The molecule has 2 rings (SSSR count). The van der Waals surface area contributed by atoms with Gasteiger partial charge in [0.15, 0.2) is 0 Å². The number of nitrogens with zero attached hydrogens (tertiary/aromatic N) is 2. The minimum absolute atomic E-state index is 0.166. The van der Waals surface area contributed by atoms with Gasteiger partial charge in [-0.25, -0.2) is 4.98 Å². The molecule has 0 spiro atoms. The number of aromatic nitrogens is 2. The highest BCUT2D eigenvalue weighted by Crippen LogP contribution is 2.33. The molecule has 0 saturated carbocycles. The Morgan fingerprint density at radius 2 is 2.21 bits per heavy atom. The van der Waals surface area contributed by atoms with Crippen LogP contribution in [0.3, 0.4) is 0 Å². The van der Waals surface area contributed by atoms with Crippen LogP contribution in [0.5, 0.6) is 0 Å². The second-order valence-corrected chi connectivity index (χ2v) is 4.12. The maximum Gasteiger partial charge on any atom is 0.0949 e. The lowest BCUT2D eigenvalue weighted by atomic mass is 9.84. The van der Waals surface area contributed by atoms with Gasteiger partial charge in [0.25, 0.3) is 0 Å². The van der Waals surface area contributed by atoms with Crippen molar-refractivity contribution < 1.29 is 0 Å². The quantitative estimate of drug-likeness (QED) is 0.773. The Kier molecular flexibility index (Phi) is 2.35. The maximum absolute atomic E-state index is 4.47. The van der Waals surface area contributed by atoms with Crippen LogP contribution < -0.4 is 5.32 Å². The molecule has 1 aliphatic heterocycles. The third-order valence-corrected chi connectivity index (χ3v) is 3.50. The van der Waals surface area contributed by atoms with Gasteiger partial charge in [-0.2, -0.15) is 0 Å².